The lowest BCUT2D eigenvalue weighted by atomic mass is 10.0. The molecule has 0 aliphatic carbocycles. The minimum atomic E-state index is -1.96. The molecule has 0 saturated heterocycles. The molecule has 0 aliphatic rings. The Kier molecular flexibility index (Phi) is 26.8. The molecule has 0 radical (unpaired) electrons. The van der Waals surface area contributed by atoms with Gasteiger partial charge in [0.1, 0.15) is 48.3 Å². The van der Waals surface area contributed by atoms with Crippen molar-refractivity contribution in [1.82, 2.24) is 52.5 Å². The Labute approximate surface area is 408 Å². The molecule has 20 N–H and O–H groups in total. The molecular weight excluding hydrogens is 945 g/mol. The summed E-state index contributed by atoms with van der Waals surface area (Å²) in [7, 11) is 0. The second-order valence-corrected chi connectivity index (χ2v) is 17.4. The van der Waals surface area contributed by atoms with Gasteiger partial charge in [0.05, 0.1) is 42.9 Å². The number of imidazole rings is 1. The van der Waals surface area contributed by atoms with Crippen LogP contribution in [0.2, 0.25) is 0 Å². The second-order valence-electron chi connectivity index (χ2n) is 17.4. The summed E-state index contributed by atoms with van der Waals surface area (Å²) < 4.78 is 0. The lowest BCUT2D eigenvalue weighted by Crippen LogP contribution is -2.65. The standard InChI is InChI=1S/C42H72N12O17/c1-17(2)28(49-38(66)30(19(4)56)50-35(63)26(14-23-15-45-16-46-23)48-34(62)24(44)11-12-27(60)61)36(64)51-31(20(5)57)39(67)53-33(22(7)59)41(69)54-32(21(6)58)40(68)52-29(18(3)55)37(65)47-25(42(70)71)10-8-9-13-43/h15-22,24-26,28-33,55-59H,8-14,43-44H2,1-7H3,(H,45,46)(H,47,65)(H,48,62)(H,49,66)(H,50,63)(H,51,64)(H,52,68)(H,53,67)(H,54,69)(H,60,61)(H,70,71)/t18-,19-,20-,21-,22-,24+,25+,26+,28+,29+,30+,31+,32+,33+/m1/s1. The summed E-state index contributed by atoms with van der Waals surface area (Å²) in [6, 6.07) is -15.2. The highest BCUT2D eigenvalue weighted by Gasteiger charge is 2.39. The number of aromatic nitrogens is 2. The van der Waals surface area contributed by atoms with Crippen molar-refractivity contribution in [3.8, 4) is 0 Å². The van der Waals surface area contributed by atoms with E-state index in [0.29, 0.717) is 18.5 Å². The molecule has 1 aromatic rings. The van der Waals surface area contributed by atoms with E-state index in [0.717, 1.165) is 34.6 Å². The molecule has 402 valence electrons. The first-order valence-corrected chi connectivity index (χ1v) is 22.7. The fraction of sp³-hybridized carbons (Fsp3) is 0.690. The van der Waals surface area contributed by atoms with Gasteiger partial charge in [0, 0.05) is 24.7 Å². The molecule has 0 aliphatic heterocycles. The van der Waals surface area contributed by atoms with E-state index >= 15 is 0 Å². The Morgan fingerprint density at radius 3 is 1.23 bits per heavy atom. The van der Waals surface area contributed by atoms with E-state index in [-0.39, 0.29) is 25.8 Å². The van der Waals surface area contributed by atoms with E-state index in [2.05, 4.69) is 52.5 Å². The number of carboxylic acids is 2. The van der Waals surface area contributed by atoms with Gasteiger partial charge in [-0.15, -0.1) is 0 Å². The van der Waals surface area contributed by atoms with Crippen LogP contribution in [-0.4, -0.2) is 196 Å². The zero-order valence-corrected chi connectivity index (χ0v) is 40.6. The predicted molar refractivity (Wildman–Crippen MR) is 246 cm³/mol. The van der Waals surface area contributed by atoms with E-state index in [4.69, 9.17) is 16.6 Å². The molecule has 71 heavy (non-hydrogen) atoms. The van der Waals surface area contributed by atoms with Crippen LogP contribution in [0.15, 0.2) is 12.5 Å². The maximum Gasteiger partial charge on any atom is 0.326 e. The van der Waals surface area contributed by atoms with Gasteiger partial charge >= 0.3 is 11.9 Å². The molecule has 1 heterocycles. The molecule has 0 bridgehead atoms. The number of aliphatic hydroxyl groups is 5. The van der Waals surface area contributed by atoms with Gasteiger partial charge in [-0.05, 0) is 72.8 Å². The first-order chi connectivity index (χ1) is 33.0. The van der Waals surface area contributed by atoms with Crippen LogP contribution in [0.5, 0.6) is 0 Å². The minimum absolute atomic E-state index is 0.0322. The number of nitrogens with two attached hydrogens (primary N) is 2. The van der Waals surface area contributed by atoms with E-state index < -0.39 is 156 Å². The van der Waals surface area contributed by atoms with Crippen LogP contribution in [0.25, 0.3) is 0 Å². The molecule has 0 fully saturated rings. The van der Waals surface area contributed by atoms with Crippen molar-refractivity contribution >= 4 is 59.2 Å². The van der Waals surface area contributed by atoms with Crippen molar-refractivity contribution in [2.75, 3.05) is 6.54 Å². The highest BCUT2D eigenvalue weighted by molar-refractivity contribution is 5.98. The zero-order valence-electron chi connectivity index (χ0n) is 40.6. The number of nitrogens with one attached hydrogen (secondary N) is 9. The van der Waals surface area contributed by atoms with Crippen LogP contribution < -0.4 is 54.0 Å². The Morgan fingerprint density at radius 1 is 0.521 bits per heavy atom. The van der Waals surface area contributed by atoms with Crippen LogP contribution in [0.4, 0.5) is 0 Å². The van der Waals surface area contributed by atoms with Crippen molar-refractivity contribution in [2.45, 2.75) is 172 Å². The number of carbonyl (C=O) groups is 10. The third-order valence-corrected chi connectivity index (χ3v) is 10.7. The van der Waals surface area contributed by atoms with E-state index in [9.17, 15) is 78.6 Å². The number of aromatic amines is 1. The van der Waals surface area contributed by atoms with Crippen LogP contribution in [0.3, 0.4) is 0 Å². The number of H-pyrrole nitrogens is 1. The number of aliphatic hydroxyl groups excluding tert-OH is 5. The smallest absolute Gasteiger partial charge is 0.326 e. The zero-order chi connectivity index (χ0) is 54.4. The molecule has 0 unspecified atom stereocenters. The number of carboxylic acid groups (broad SMARTS) is 2. The van der Waals surface area contributed by atoms with Gasteiger partial charge in [-0.2, -0.15) is 0 Å². The quantitative estimate of drug-likeness (QED) is 0.0298. The summed E-state index contributed by atoms with van der Waals surface area (Å²) in [5, 5.41) is 89.1. The third kappa shape index (κ3) is 21.3. The largest absolute Gasteiger partial charge is 0.481 e. The van der Waals surface area contributed by atoms with Gasteiger partial charge in [0.25, 0.3) is 0 Å². The summed E-state index contributed by atoms with van der Waals surface area (Å²) in [5.41, 5.74) is 11.6. The molecule has 14 atom stereocenters. The number of hydrogen-bond acceptors (Lipinski definition) is 18. The Balaban J connectivity index is 3.26. The van der Waals surface area contributed by atoms with E-state index in [1.54, 1.807) is 0 Å². The van der Waals surface area contributed by atoms with Gasteiger partial charge in [-0.1, -0.05) is 13.8 Å². The summed E-state index contributed by atoms with van der Waals surface area (Å²) in [6.45, 7) is 8.61. The highest BCUT2D eigenvalue weighted by Crippen LogP contribution is 2.10. The maximum atomic E-state index is 13.8. The number of amides is 8. The van der Waals surface area contributed by atoms with Crippen LogP contribution in [-0.2, 0) is 54.4 Å². The van der Waals surface area contributed by atoms with E-state index in [1.807, 2.05) is 0 Å². The van der Waals surface area contributed by atoms with Gasteiger partial charge < -0.3 is 94.7 Å². The Bertz CT molecular complexity index is 1950. The average Bonchev–Trinajstić information content (AvgIpc) is 3.79. The third-order valence-electron chi connectivity index (χ3n) is 10.7. The van der Waals surface area contributed by atoms with Gasteiger partial charge in [0.2, 0.25) is 47.3 Å². The highest BCUT2D eigenvalue weighted by atomic mass is 16.4. The monoisotopic (exact) mass is 1020 g/mol. The molecule has 0 aromatic carbocycles. The number of unbranched alkanes of at least 4 members (excludes halogenated alkanes) is 1. The Morgan fingerprint density at radius 2 is 0.887 bits per heavy atom. The number of hydrogen-bond donors (Lipinski definition) is 18. The average molecular weight is 1020 g/mol. The molecule has 1 rings (SSSR count). The maximum absolute atomic E-state index is 13.8. The van der Waals surface area contributed by atoms with Crippen molar-refractivity contribution in [1.29, 1.82) is 0 Å². The van der Waals surface area contributed by atoms with Crippen LogP contribution in [0.1, 0.15) is 86.3 Å². The molecule has 0 spiro atoms. The summed E-state index contributed by atoms with van der Waals surface area (Å²) >= 11 is 0. The van der Waals surface area contributed by atoms with Crippen molar-refractivity contribution in [3.63, 3.8) is 0 Å². The fourth-order valence-corrected chi connectivity index (χ4v) is 6.56. The second kappa shape index (κ2) is 30.4. The molecule has 8 amide bonds. The summed E-state index contributed by atoms with van der Waals surface area (Å²) in [4.78, 5) is 137. The first-order valence-electron chi connectivity index (χ1n) is 22.7. The topological polar surface area (TPSA) is 489 Å². The molecule has 0 saturated carbocycles. The fourth-order valence-electron chi connectivity index (χ4n) is 6.56. The molecular formula is C42H72N12O17. The lowest BCUT2D eigenvalue weighted by Gasteiger charge is -2.31. The minimum Gasteiger partial charge on any atom is -0.481 e. The number of nitrogens with zero attached hydrogens (tertiary/aromatic N) is 1. The van der Waals surface area contributed by atoms with Crippen LogP contribution >= 0.6 is 0 Å². The number of aliphatic carboxylic acids is 2. The SMILES string of the molecule is CC(C)[C@H](NC(=O)[C@@H](NC(=O)[C@H](Cc1cnc[nH]1)NC(=O)[C@@H](N)CCC(=O)O)[C@@H](C)O)C(=O)N[C@H](C(=O)N[C@H](C(=O)N[C@H](C(=O)N[C@H](C(=O)N[C@@H](CCCCN)C(=O)O)[C@@H](C)O)[C@@H](C)O)[C@@H](C)O)[C@@H](C)O. The molecule has 29 nitrogen and oxygen atoms in total. The molecule has 29 heteroatoms. The Hall–Kier alpha value is -6.37. The van der Waals surface area contributed by atoms with E-state index in [1.165, 1.54) is 26.4 Å². The number of rotatable bonds is 32. The van der Waals surface area contributed by atoms with Gasteiger partial charge in [0.15, 0.2) is 0 Å². The summed E-state index contributed by atoms with van der Waals surface area (Å²) in [5.74, 6) is -12.5. The lowest BCUT2D eigenvalue weighted by molar-refractivity contribution is -0.143. The van der Waals surface area contributed by atoms with Gasteiger partial charge in [-0.25, -0.2) is 9.78 Å². The molecule has 1 aromatic heterocycles. The van der Waals surface area contributed by atoms with Crippen molar-refractivity contribution in [2.24, 2.45) is 17.4 Å². The first kappa shape index (κ1) is 62.6. The van der Waals surface area contributed by atoms with Crippen molar-refractivity contribution in [3.05, 3.63) is 18.2 Å². The van der Waals surface area contributed by atoms with Gasteiger partial charge in [-0.3, -0.25) is 43.2 Å². The van der Waals surface area contributed by atoms with Crippen LogP contribution in [0, 0.1) is 5.92 Å². The summed E-state index contributed by atoms with van der Waals surface area (Å²) in [6.07, 6.45) is -6.09. The number of carbonyl (C=O) groups excluding carboxylic acids is 8. The normalized spacial score (nSPS) is 17.3. The van der Waals surface area contributed by atoms with Crippen molar-refractivity contribution < 1.29 is 83.7 Å². The predicted octanol–water partition coefficient (Wildman–Crippen LogP) is -7.20.